The molecule has 0 atom stereocenters. The Labute approximate surface area is 131 Å². The topological polar surface area (TPSA) is 67.4 Å². The zero-order valence-corrected chi connectivity index (χ0v) is 12.2. The molecule has 0 aliphatic heterocycles. The number of hydrogen-bond acceptors (Lipinski definition) is 3. The van der Waals surface area contributed by atoms with Crippen molar-refractivity contribution in [1.29, 1.82) is 0 Å². The molecule has 0 aliphatic rings. The van der Waals surface area contributed by atoms with Crippen LogP contribution in [0.4, 0.5) is 14.5 Å². The van der Waals surface area contributed by atoms with Crippen LogP contribution in [0, 0.1) is 0 Å². The van der Waals surface area contributed by atoms with E-state index in [9.17, 15) is 18.4 Å². The molecule has 0 aliphatic carbocycles. The Morgan fingerprint density at radius 2 is 1.57 bits per heavy atom. The van der Waals surface area contributed by atoms with Crippen LogP contribution in [0.3, 0.4) is 0 Å². The van der Waals surface area contributed by atoms with Crippen molar-refractivity contribution < 1.29 is 23.1 Å². The molecule has 0 spiro atoms. The van der Waals surface area contributed by atoms with Gasteiger partial charge in [0, 0.05) is 7.05 Å². The highest BCUT2D eigenvalue weighted by Crippen LogP contribution is 2.23. The molecular formula is C16H14F2N2O3. The van der Waals surface area contributed by atoms with Gasteiger partial charge in [0.2, 0.25) is 0 Å². The van der Waals surface area contributed by atoms with Gasteiger partial charge in [-0.05, 0) is 24.3 Å². The van der Waals surface area contributed by atoms with Gasteiger partial charge in [0.25, 0.3) is 11.8 Å². The molecule has 23 heavy (non-hydrogen) atoms. The number of nitrogens with one attached hydrogen (secondary N) is 2. The summed E-state index contributed by atoms with van der Waals surface area (Å²) in [4.78, 5) is 24.1. The van der Waals surface area contributed by atoms with E-state index < -0.39 is 12.5 Å². The number of para-hydroxylation sites is 2. The van der Waals surface area contributed by atoms with E-state index in [2.05, 4.69) is 15.4 Å². The van der Waals surface area contributed by atoms with Gasteiger partial charge < -0.3 is 15.4 Å². The molecule has 2 amide bonds. The number of benzene rings is 2. The Morgan fingerprint density at radius 3 is 2.22 bits per heavy atom. The maximum Gasteiger partial charge on any atom is 0.387 e. The smallest absolute Gasteiger partial charge is 0.387 e. The number of halogens is 2. The van der Waals surface area contributed by atoms with Crippen LogP contribution in [0.5, 0.6) is 5.75 Å². The Hall–Kier alpha value is -2.96. The molecule has 0 unspecified atom stereocenters. The van der Waals surface area contributed by atoms with E-state index in [1.165, 1.54) is 37.4 Å². The van der Waals surface area contributed by atoms with Gasteiger partial charge in [0.05, 0.1) is 16.8 Å². The summed E-state index contributed by atoms with van der Waals surface area (Å²) >= 11 is 0. The zero-order valence-electron chi connectivity index (χ0n) is 12.2. The number of ether oxygens (including phenoxy) is 1. The van der Waals surface area contributed by atoms with Gasteiger partial charge in [0.15, 0.2) is 0 Å². The Bertz CT molecular complexity index is 720. The highest BCUT2D eigenvalue weighted by atomic mass is 19.3. The molecule has 2 N–H and O–H groups in total. The fourth-order valence-corrected chi connectivity index (χ4v) is 1.97. The molecule has 0 bridgehead atoms. The van der Waals surface area contributed by atoms with E-state index >= 15 is 0 Å². The molecule has 0 saturated heterocycles. The summed E-state index contributed by atoms with van der Waals surface area (Å²) in [5, 5.41) is 4.99. The normalized spacial score (nSPS) is 10.3. The van der Waals surface area contributed by atoms with Gasteiger partial charge in [-0.1, -0.05) is 24.3 Å². The number of hydrogen-bond donors (Lipinski definition) is 2. The molecule has 0 heterocycles. The fraction of sp³-hybridized carbons (Fsp3) is 0.125. The van der Waals surface area contributed by atoms with Crippen LogP contribution in [0.1, 0.15) is 20.7 Å². The van der Waals surface area contributed by atoms with E-state index in [1.54, 1.807) is 18.2 Å². The quantitative estimate of drug-likeness (QED) is 0.890. The average molecular weight is 320 g/mol. The molecule has 120 valence electrons. The molecule has 2 aromatic rings. The van der Waals surface area contributed by atoms with E-state index in [1.807, 2.05) is 0 Å². The number of carbonyl (C=O) groups is 2. The molecule has 2 aromatic carbocycles. The summed E-state index contributed by atoms with van der Waals surface area (Å²) < 4.78 is 29.1. The highest BCUT2D eigenvalue weighted by Gasteiger charge is 2.17. The monoisotopic (exact) mass is 320 g/mol. The van der Waals surface area contributed by atoms with Gasteiger partial charge in [-0.15, -0.1) is 0 Å². The molecule has 5 nitrogen and oxygen atoms in total. The van der Waals surface area contributed by atoms with E-state index in [0.29, 0.717) is 0 Å². The van der Waals surface area contributed by atoms with E-state index in [0.717, 1.165) is 0 Å². The summed E-state index contributed by atoms with van der Waals surface area (Å²) in [6, 6.07) is 12.0. The van der Waals surface area contributed by atoms with Gasteiger partial charge in [-0.3, -0.25) is 9.59 Å². The van der Waals surface area contributed by atoms with Crippen molar-refractivity contribution in [3.05, 3.63) is 59.7 Å². The standard InChI is InChI=1S/C16H14F2N2O3/c1-19-14(21)10-6-2-4-8-12(10)20-15(22)11-7-3-5-9-13(11)23-16(17)18/h2-9,16H,1H3,(H,19,21)(H,20,22). The molecule has 2 rings (SSSR count). The van der Waals surface area contributed by atoms with Crippen LogP contribution in [0.2, 0.25) is 0 Å². The Balaban J connectivity index is 2.29. The second-order valence-electron chi connectivity index (χ2n) is 4.45. The number of rotatable bonds is 5. The minimum atomic E-state index is -3.04. The molecule has 0 aromatic heterocycles. The van der Waals surface area contributed by atoms with Crippen LogP contribution in [0.25, 0.3) is 0 Å². The van der Waals surface area contributed by atoms with Crippen LogP contribution >= 0.6 is 0 Å². The molecule has 0 radical (unpaired) electrons. The molecule has 0 saturated carbocycles. The van der Waals surface area contributed by atoms with Gasteiger partial charge >= 0.3 is 6.61 Å². The van der Waals surface area contributed by atoms with E-state index in [-0.39, 0.29) is 28.5 Å². The van der Waals surface area contributed by atoms with Crippen molar-refractivity contribution in [3.63, 3.8) is 0 Å². The lowest BCUT2D eigenvalue weighted by Crippen LogP contribution is -2.22. The van der Waals surface area contributed by atoms with Gasteiger partial charge in [-0.2, -0.15) is 8.78 Å². The minimum absolute atomic E-state index is 0.0560. The first kappa shape index (κ1) is 16.4. The first-order valence-electron chi connectivity index (χ1n) is 6.69. The largest absolute Gasteiger partial charge is 0.434 e. The minimum Gasteiger partial charge on any atom is -0.434 e. The van der Waals surface area contributed by atoms with Crippen molar-refractivity contribution in [3.8, 4) is 5.75 Å². The molecular weight excluding hydrogens is 306 g/mol. The maximum absolute atomic E-state index is 12.4. The van der Waals surface area contributed by atoms with Gasteiger partial charge in [-0.25, -0.2) is 0 Å². The number of anilines is 1. The SMILES string of the molecule is CNC(=O)c1ccccc1NC(=O)c1ccccc1OC(F)F. The zero-order chi connectivity index (χ0) is 16.8. The maximum atomic E-state index is 12.4. The molecule has 0 fully saturated rings. The lowest BCUT2D eigenvalue weighted by molar-refractivity contribution is -0.0501. The third kappa shape index (κ3) is 4.03. The second-order valence-corrected chi connectivity index (χ2v) is 4.45. The molecule has 7 heteroatoms. The average Bonchev–Trinajstić information content (AvgIpc) is 2.54. The van der Waals surface area contributed by atoms with E-state index in [4.69, 9.17) is 0 Å². The number of amides is 2. The third-order valence-electron chi connectivity index (χ3n) is 2.99. The third-order valence-corrected chi connectivity index (χ3v) is 2.99. The van der Waals surface area contributed by atoms with Crippen LogP contribution in [0.15, 0.2) is 48.5 Å². The summed E-state index contributed by atoms with van der Waals surface area (Å²) in [6.45, 7) is -3.04. The van der Waals surface area contributed by atoms with Crippen molar-refractivity contribution in [2.75, 3.05) is 12.4 Å². The van der Waals surface area contributed by atoms with Crippen LogP contribution in [-0.2, 0) is 0 Å². The first-order chi connectivity index (χ1) is 11.0. The van der Waals surface area contributed by atoms with Crippen molar-refractivity contribution >= 4 is 17.5 Å². The fourth-order valence-electron chi connectivity index (χ4n) is 1.97. The van der Waals surface area contributed by atoms with Crippen molar-refractivity contribution in [1.82, 2.24) is 5.32 Å². The lowest BCUT2D eigenvalue weighted by Gasteiger charge is -2.12. The Kier molecular flexibility index (Phi) is 5.24. The van der Waals surface area contributed by atoms with Crippen LogP contribution < -0.4 is 15.4 Å². The predicted octanol–water partition coefficient (Wildman–Crippen LogP) is 2.90. The first-order valence-corrected chi connectivity index (χ1v) is 6.69. The summed E-state index contributed by atoms with van der Waals surface area (Å²) in [6.07, 6.45) is 0. The lowest BCUT2D eigenvalue weighted by atomic mass is 10.1. The predicted molar refractivity (Wildman–Crippen MR) is 80.9 cm³/mol. The number of carbonyl (C=O) groups excluding carboxylic acids is 2. The second kappa shape index (κ2) is 7.35. The summed E-state index contributed by atoms with van der Waals surface area (Å²) in [7, 11) is 1.46. The number of alkyl halides is 2. The van der Waals surface area contributed by atoms with Crippen molar-refractivity contribution in [2.24, 2.45) is 0 Å². The Morgan fingerprint density at radius 1 is 0.957 bits per heavy atom. The van der Waals surface area contributed by atoms with Crippen molar-refractivity contribution in [2.45, 2.75) is 6.61 Å². The summed E-state index contributed by atoms with van der Waals surface area (Å²) in [5.74, 6) is -1.27. The highest BCUT2D eigenvalue weighted by molar-refractivity contribution is 6.10. The van der Waals surface area contributed by atoms with Crippen LogP contribution in [-0.4, -0.2) is 25.5 Å². The van der Waals surface area contributed by atoms with Gasteiger partial charge in [0.1, 0.15) is 5.75 Å². The summed E-state index contributed by atoms with van der Waals surface area (Å²) in [5.41, 5.74) is 0.471.